The highest BCUT2D eigenvalue weighted by molar-refractivity contribution is 6.42. The lowest BCUT2D eigenvalue weighted by Gasteiger charge is -2.43. The number of carbonyl (C=O) groups excluding carboxylic acids is 2. The van der Waals surface area contributed by atoms with Gasteiger partial charge in [-0.1, -0.05) is 89.9 Å². The first-order chi connectivity index (χ1) is 19.8. The lowest BCUT2D eigenvalue weighted by atomic mass is 9.80. The standard InChI is InChI=1S/C33H37Cl2N3O3/c1-24(39)36-33(27-11-6-3-7-12-27)16-19-37(20-17-33)18-8-13-30-32(40)38(22-25-9-4-2-5-10-25)23-31(41-30)26-14-15-28(34)29(35)21-26/h2-7,9-12,14-15,21,30-31H,8,13,16-20,22-23H2,1H3,(H,36,39). The first-order valence-electron chi connectivity index (χ1n) is 14.3. The summed E-state index contributed by atoms with van der Waals surface area (Å²) in [6.45, 7) is 5.20. The van der Waals surface area contributed by atoms with E-state index in [0.29, 0.717) is 29.6 Å². The van der Waals surface area contributed by atoms with Crippen LogP contribution in [-0.2, 0) is 26.4 Å². The number of rotatable bonds is 9. The molecule has 2 saturated heterocycles. The number of nitrogens with one attached hydrogen (secondary N) is 1. The number of nitrogens with zero attached hydrogens (tertiary/aromatic N) is 2. The largest absolute Gasteiger partial charge is 0.359 e. The normalized spacial score (nSPS) is 21.0. The Labute approximate surface area is 252 Å². The summed E-state index contributed by atoms with van der Waals surface area (Å²) in [5.74, 6) is 0.0180. The average molecular weight is 595 g/mol. The molecular weight excluding hydrogens is 557 g/mol. The van der Waals surface area contributed by atoms with Crippen LogP contribution >= 0.6 is 23.2 Å². The van der Waals surface area contributed by atoms with Crippen LogP contribution in [0.2, 0.25) is 10.0 Å². The van der Waals surface area contributed by atoms with Crippen molar-refractivity contribution in [2.45, 2.75) is 56.9 Å². The average Bonchev–Trinajstić information content (AvgIpc) is 2.98. The van der Waals surface area contributed by atoms with E-state index in [4.69, 9.17) is 27.9 Å². The van der Waals surface area contributed by atoms with E-state index >= 15 is 0 Å². The van der Waals surface area contributed by atoms with E-state index in [1.165, 1.54) is 0 Å². The maximum absolute atomic E-state index is 13.6. The fourth-order valence-corrected chi connectivity index (χ4v) is 6.37. The lowest BCUT2D eigenvalue weighted by Crippen LogP contribution is -2.52. The van der Waals surface area contributed by atoms with Crippen molar-refractivity contribution in [3.63, 3.8) is 0 Å². The number of likely N-dealkylation sites (tertiary alicyclic amines) is 1. The number of carbonyl (C=O) groups is 2. The van der Waals surface area contributed by atoms with Crippen LogP contribution in [0.4, 0.5) is 0 Å². The summed E-state index contributed by atoms with van der Waals surface area (Å²) < 4.78 is 6.41. The van der Waals surface area contributed by atoms with Gasteiger partial charge in [0.25, 0.3) is 5.91 Å². The van der Waals surface area contributed by atoms with Gasteiger partial charge >= 0.3 is 0 Å². The van der Waals surface area contributed by atoms with Crippen LogP contribution in [0.25, 0.3) is 0 Å². The Morgan fingerprint density at radius 2 is 1.66 bits per heavy atom. The molecule has 1 N–H and O–H groups in total. The molecule has 2 unspecified atom stereocenters. The first-order valence-corrected chi connectivity index (χ1v) is 15.1. The van der Waals surface area contributed by atoms with Crippen molar-refractivity contribution in [3.8, 4) is 0 Å². The summed E-state index contributed by atoms with van der Waals surface area (Å²) in [7, 11) is 0. The Morgan fingerprint density at radius 1 is 0.976 bits per heavy atom. The molecule has 5 rings (SSSR count). The summed E-state index contributed by atoms with van der Waals surface area (Å²) >= 11 is 12.5. The molecule has 216 valence electrons. The number of ether oxygens (including phenoxy) is 1. The minimum atomic E-state index is -0.528. The third-order valence-corrected chi connectivity index (χ3v) is 8.96. The maximum atomic E-state index is 13.6. The Hall–Kier alpha value is -2.90. The first kappa shape index (κ1) is 29.6. The topological polar surface area (TPSA) is 61.9 Å². The molecule has 2 aliphatic rings. The molecule has 2 heterocycles. The second-order valence-corrected chi connectivity index (χ2v) is 11.9. The van der Waals surface area contributed by atoms with Crippen molar-refractivity contribution in [1.82, 2.24) is 15.1 Å². The molecule has 2 amide bonds. The van der Waals surface area contributed by atoms with E-state index in [2.05, 4.69) is 22.3 Å². The number of amides is 2. The zero-order valence-corrected chi connectivity index (χ0v) is 24.9. The highest BCUT2D eigenvalue weighted by atomic mass is 35.5. The van der Waals surface area contributed by atoms with Crippen molar-refractivity contribution >= 4 is 35.0 Å². The monoisotopic (exact) mass is 593 g/mol. The van der Waals surface area contributed by atoms with E-state index < -0.39 is 6.10 Å². The summed E-state index contributed by atoms with van der Waals surface area (Å²) in [4.78, 5) is 29.9. The number of morpholine rings is 1. The molecule has 0 saturated carbocycles. The zero-order chi connectivity index (χ0) is 28.8. The molecule has 6 nitrogen and oxygen atoms in total. The molecule has 2 atom stereocenters. The van der Waals surface area contributed by atoms with E-state index in [9.17, 15) is 9.59 Å². The van der Waals surface area contributed by atoms with Crippen LogP contribution in [0.1, 0.15) is 55.4 Å². The summed E-state index contributed by atoms with van der Waals surface area (Å²) in [5.41, 5.74) is 2.82. The molecule has 2 fully saturated rings. The Kier molecular flexibility index (Phi) is 9.66. The van der Waals surface area contributed by atoms with Crippen LogP contribution in [0, 0.1) is 0 Å². The van der Waals surface area contributed by atoms with Crippen LogP contribution in [-0.4, -0.2) is 53.9 Å². The van der Waals surface area contributed by atoms with Gasteiger partial charge in [-0.15, -0.1) is 0 Å². The highest BCUT2D eigenvalue weighted by Crippen LogP contribution is 2.35. The molecule has 8 heteroatoms. The van der Waals surface area contributed by atoms with Crippen LogP contribution < -0.4 is 5.32 Å². The lowest BCUT2D eigenvalue weighted by molar-refractivity contribution is -0.164. The van der Waals surface area contributed by atoms with E-state index in [0.717, 1.165) is 55.6 Å². The molecule has 0 bridgehead atoms. The molecule has 3 aromatic rings. The van der Waals surface area contributed by atoms with Gasteiger partial charge in [-0.3, -0.25) is 9.59 Å². The van der Waals surface area contributed by atoms with Crippen molar-refractivity contribution < 1.29 is 14.3 Å². The van der Waals surface area contributed by atoms with Crippen molar-refractivity contribution in [1.29, 1.82) is 0 Å². The van der Waals surface area contributed by atoms with Gasteiger partial charge in [0.1, 0.15) is 12.2 Å². The third kappa shape index (κ3) is 7.31. The second-order valence-electron chi connectivity index (χ2n) is 11.1. The van der Waals surface area contributed by atoms with Gasteiger partial charge in [-0.25, -0.2) is 0 Å². The van der Waals surface area contributed by atoms with Gasteiger partial charge in [0.2, 0.25) is 5.91 Å². The second kappa shape index (κ2) is 13.4. The van der Waals surface area contributed by atoms with Crippen molar-refractivity contribution in [3.05, 3.63) is 106 Å². The Morgan fingerprint density at radius 3 is 2.32 bits per heavy atom. The molecular formula is C33H37Cl2N3O3. The van der Waals surface area contributed by atoms with Crippen molar-refractivity contribution in [2.24, 2.45) is 0 Å². The quantitative estimate of drug-likeness (QED) is 0.313. The third-order valence-electron chi connectivity index (χ3n) is 8.23. The number of hydrogen-bond acceptors (Lipinski definition) is 4. The summed E-state index contributed by atoms with van der Waals surface area (Å²) in [5, 5.41) is 4.22. The fourth-order valence-electron chi connectivity index (χ4n) is 6.07. The molecule has 41 heavy (non-hydrogen) atoms. The highest BCUT2D eigenvalue weighted by Gasteiger charge is 2.38. The van der Waals surface area contributed by atoms with E-state index in [1.54, 1.807) is 13.0 Å². The summed E-state index contributed by atoms with van der Waals surface area (Å²) in [6.07, 6.45) is 2.35. The van der Waals surface area contributed by atoms with Gasteiger partial charge in [0.05, 0.1) is 22.1 Å². The molecule has 2 aliphatic heterocycles. The minimum Gasteiger partial charge on any atom is -0.359 e. The molecule has 0 aliphatic carbocycles. The van der Waals surface area contributed by atoms with Gasteiger partial charge in [-0.2, -0.15) is 0 Å². The fraction of sp³-hybridized carbons (Fsp3) is 0.394. The van der Waals surface area contributed by atoms with E-state index in [-0.39, 0.29) is 23.5 Å². The van der Waals surface area contributed by atoms with E-state index in [1.807, 2.05) is 65.6 Å². The number of benzene rings is 3. The summed E-state index contributed by atoms with van der Waals surface area (Å²) in [6, 6.07) is 25.8. The molecule has 0 aromatic heterocycles. The van der Waals surface area contributed by atoms with Gasteiger partial charge in [-0.05, 0) is 61.1 Å². The Balaban J connectivity index is 1.22. The zero-order valence-electron chi connectivity index (χ0n) is 23.4. The molecule has 0 spiro atoms. The van der Waals surface area contributed by atoms with Crippen LogP contribution in [0.3, 0.4) is 0 Å². The van der Waals surface area contributed by atoms with Gasteiger partial charge in [0, 0.05) is 26.6 Å². The molecule has 0 radical (unpaired) electrons. The Bertz CT molecular complexity index is 1330. The SMILES string of the molecule is CC(=O)NC1(c2ccccc2)CCN(CCCC2OC(c3ccc(Cl)c(Cl)c3)CN(Cc3ccccc3)C2=O)CC1. The predicted molar refractivity (Wildman–Crippen MR) is 163 cm³/mol. The van der Waals surface area contributed by atoms with Gasteiger partial charge < -0.3 is 19.9 Å². The predicted octanol–water partition coefficient (Wildman–Crippen LogP) is 6.37. The maximum Gasteiger partial charge on any atom is 0.252 e. The van der Waals surface area contributed by atoms with Gasteiger partial charge in [0.15, 0.2) is 0 Å². The minimum absolute atomic E-state index is 0.00755. The van der Waals surface area contributed by atoms with Crippen LogP contribution in [0.5, 0.6) is 0 Å². The number of hydrogen-bond donors (Lipinski definition) is 1. The number of halogens is 2. The smallest absolute Gasteiger partial charge is 0.252 e. The number of piperidine rings is 1. The van der Waals surface area contributed by atoms with Crippen molar-refractivity contribution in [2.75, 3.05) is 26.2 Å². The van der Waals surface area contributed by atoms with Crippen LogP contribution in [0.15, 0.2) is 78.9 Å². The molecule has 3 aromatic carbocycles.